The van der Waals surface area contributed by atoms with Crippen molar-refractivity contribution in [2.75, 3.05) is 25.4 Å². The predicted molar refractivity (Wildman–Crippen MR) is 98.2 cm³/mol. The van der Waals surface area contributed by atoms with Gasteiger partial charge in [-0.25, -0.2) is 18.4 Å². The maximum atomic E-state index is 13.0. The Balaban J connectivity index is 1.98. The van der Waals surface area contributed by atoms with Crippen LogP contribution in [-0.4, -0.2) is 54.5 Å². The third kappa shape index (κ3) is 4.07. The molecule has 1 aromatic heterocycles. The Kier molecular flexibility index (Phi) is 5.54. The van der Waals surface area contributed by atoms with Crippen molar-refractivity contribution in [3.8, 4) is 11.3 Å². The molecule has 1 saturated heterocycles. The Labute approximate surface area is 164 Å². The van der Waals surface area contributed by atoms with Gasteiger partial charge in [0.1, 0.15) is 6.04 Å². The number of piperazine rings is 1. The van der Waals surface area contributed by atoms with Gasteiger partial charge in [0, 0.05) is 25.2 Å². The van der Waals surface area contributed by atoms with Crippen molar-refractivity contribution in [1.29, 1.82) is 0 Å². The van der Waals surface area contributed by atoms with E-state index in [-0.39, 0.29) is 29.0 Å². The van der Waals surface area contributed by atoms with Crippen LogP contribution < -0.4 is 11.1 Å². The Morgan fingerprint density at radius 1 is 1.36 bits per heavy atom. The van der Waals surface area contributed by atoms with Crippen LogP contribution in [0.2, 0.25) is 5.15 Å². The summed E-state index contributed by atoms with van der Waals surface area (Å²) in [5.74, 6) is 0.0332. The fourth-order valence-corrected chi connectivity index (χ4v) is 4.47. The molecule has 0 amide bonds. The molecule has 3 rings (SSSR count). The SMILES string of the molecule is Cc1ccc(S(=O)(=O)N2CCNC(C(F)(F)F)C2)cc1-c1cnc(N)c(Cl)n1. The van der Waals surface area contributed by atoms with Crippen LogP contribution >= 0.6 is 11.6 Å². The zero-order valence-electron chi connectivity index (χ0n) is 14.7. The average Bonchev–Trinajstić information content (AvgIpc) is 2.64. The van der Waals surface area contributed by atoms with E-state index in [4.69, 9.17) is 17.3 Å². The molecule has 152 valence electrons. The Morgan fingerprint density at radius 2 is 2.07 bits per heavy atom. The molecule has 28 heavy (non-hydrogen) atoms. The summed E-state index contributed by atoms with van der Waals surface area (Å²) in [6, 6.07) is 2.34. The number of nitrogens with zero attached hydrogens (tertiary/aromatic N) is 3. The molecular formula is C16H17ClF3N5O2S. The lowest BCUT2D eigenvalue weighted by Gasteiger charge is -2.33. The van der Waals surface area contributed by atoms with Gasteiger partial charge in [0.2, 0.25) is 10.0 Å². The average molecular weight is 436 g/mol. The molecule has 1 atom stereocenters. The third-order valence-electron chi connectivity index (χ3n) is 4.41. The molecule has 3 N–H and O–H groups in total. The number of nitrogens with two attached hydrogens (primary N) is 1. The van der Waals surface area contributed by atoms with Gasteiger partial charge in [0.25, 0.3) is 0 Å². The lowest BCUT2D eigenvalue weighted by atomic mass is 10.1. The van der Waals surface area contributed by atoms with Gasteiger partial charge in [-0.2, -0.15) is 17.5 Å². The van der Waals surface area contributed by atoms with Gasteiger partial charge in [0.05, 0.1) is 16.8 Å². The summed E-state index contributed by atoms with van der Waals surface area (Å²) in [6.45, 7) is 0.886. The minimum Gasteiger partial charge on any atom is -0.381 e. The van der Waals surface area contributed by atoms with E-state index in [1.807, 2.05) is 0 Å². The number of sulfonamides is 1. The summed E-state index contributed by atoms with van der Waals surface area (Å²) in [5, 5.41) is 2.27. The molecule has 1 unspecified atom stereocenters. The molecule has 2 aromatic rings. The van der Waals surface area contributed by atoms with Gasteiger partial charge < -0.3 is 11.1 Å². The maximum Gasteiger partial charge on any atom is 0.405 e. The van der Waals surface area contributed by atoms with E-state index < -0.39 is 28.8 Å². The van der Waals surface area contributed by atoms with E-state index in [0.717, 1.165) is 4.31 Å². The van der Waals surface area contributed by atoms with E-state index in [0.29, 0.717) is 16.8 Å². The van der Waals surface area contributed by atoms with E-state index in [2.05, 4.69) is 15.3 Å². The molecule has 0 bridgehead atoms. The first-order valence-electron chi connectivity index (χ1n) is 8.19. The number of nitrogens with one attached hydrogen (secondary N) is 1. The highest BCUT2D eigenvalue weighted by Gasteiger charge is 2.44. The second-order valence-corrected chi connectivity index (χ2v) is 8.62. The lowest BCUT2D eigenvalue weighted by Crippen LogP contribution is -2.58. The normalized spacial score (nSPS) is 19.0. The van der Waals surface area contributed by atoms with Crippen molar-refractivity contribution in [3.05, 3.63) is 35.1 Å². The van der Waals surface area contributed by atoms with E-state index in [1.165, 1.54) is 18.3 Å². The number of benzene rings is 1. The van der Waals surface area contributed by atoms with E-state index in [9.17, 15) is 21.6 Å². The quantitative estimate of drug-likeness (QED) is 0.766. The Morgan fingerprint density at radius 3 is 2.71 bits per heavy atom. The molecule has 12 heteroatoms. The second-order valence-electron chi connectivity index (χ2n) is 6.32. The van der Waals surface area contributed by atoms with Crippen molar-refractivity contribution in [2.24, 2.45) is 0 Å². The fourth-order valence-electron chi connectivity index (χ4n) is 2.85. The van der Waals surface area contributed by atoms with Crippen LogP contribution in [0.15, 0.2) is 29.3 Å². The standard InChI is InChI=1S/C16H17ClF3N5O2S/c1-9-2-3-10(6-11(9)12-7-23-15(21)14(17)24-12)28(26,27)25-5-4-22-13(8-25)16(18,19)20/h2-3,6-7,13,22H,4-5,8H2,1H3,(H2,21,23). The van der Waals surface area contributed by atoms with Crippen molar-refractivity contribution < 1.29 is 21.6 Å². The molecule has 2 heterocycles. The van der Waals surface area contributed by atoms with Crippen LogP contribution in [0.25, 0.3) is 11.3 Å². The zero-order valence-corrected chi connectivity index (χ0v) is 16.2. The summed E-state index contributed by atoms with van der Waals surface area (Å²) in [5.41, 5.74) is 6.99. The molecule has 0 aliphatic carbocycles. The largest absolute Gasteiger partial charge is 0.405 e. The van der Waals surface area contributed by atoms with Crippen LogP contribution in [0.4, 0.5) is 19.0 Å². The minimum absolute atomic E-state index is 0.0275. The number of rotatable bonds is 3. The Bertz CT molecular complexity index is 1000. The number of hydrogen-bond donors (Lipinski definition) is 2. The number of nitrogen functional groups attached to an aromatic ring is 1. The summed E-state index contributed by atoms with van der Waals surface area (Å²) < 4.78 is 65.7. The van der Waals surface area contributed by atoms with Crippen molar-refractivity contribution in [2.45, 2.75) is 24.0 Å². The number of aryl methyl sites for hydroxylation is 1. The highest BCUT2D eigenvalue weighted by atomic mass is 35.5. The monoisotopic (exact) mass is 435 g/mol. The molecule has 1 aliphatic heterocycles. The van der Waals surface area contributed by atoms with Gasteiger partial charge in [0.15, 0.2) is 11.0 Å². The molecule has 0 spiro atoms. The summed E-state index contributed by atoms with van der Waals surface area (Å²) in [6.07, 6.45) is -3.19. The van der Waals surface area contributed by atoms with Crippen molar-refractivity contribution in [1.82, 2.24) is 19.6 Å². The predicted octanol–water partition coefficient (Wildman–Crippen LogP) is 2.21. The second kappa shape index (κ2) is 7.47. The third-order valence-corrected chi connectivity index (χ3v) is 6.55. The van der Waals surface area contributed by atoms with Crippen molar-refractivity contribution in [3.63, 3.8) is 0 Å². The van der Waals surface area contributed by atoms with Crippen LogP contribution in [-0.2, 0) is 10.0 Å². The maximum absolute atomic E-state index is 13.0. The minimum atomic E-state index is -4.54. The Hall–Kier alpha value is -1.95. The lowest BCUT2D eigenvalue weighted by molar-refractivity contribution is -0.160. The van der Waals surface area contributed by atoms with Gasteiger partial charge in [-0.3, -0.25) is 0 Å². The summed E-state index contributed by atoms with van der Waals surface area (Å²) in [7, 11) is -4.13. The first-order chi connectivity index (χ1) is 13.0. The first kappa shape index (κ1) is 20.8. The van der Waals surface area contributed by atoms with Crippen LogP contribution in [0, 0.1) is 6.92 Å². The van der Waals surface area contributed by atoms with Crippen LogP contribution in [0.3, 0.4) is 0 Å². The zero-order chi connectivity index (χ0) is 20.7. The van der Waals surface area contributed by atoms with Crippen LogP contribution in [0.1, 0.15) is 5.56 Å². The van der Waals surface area contributed by atoms with Gasteiger partial charge in [-0.15, -0.1) is 0 Å². The van der Waals surface area contributed by atoms with E-state index >= 15 is 0 Å². The van der Waals surface area contributed by atoms with Crippen LogP contribution in [0.5, 0.6) is 0 Å². The highest BCUT2D eigenvalue weighted by molar-refractivity contribution is 7.89. The smallest absolute Gasteiger partial charge is 0.381 e. The molecule has 1 aliphatic rings. The fraction of sp³-hybridized carbons (Fsp3) is 0.375. The number of aromatic nitrogens is 2. The molecule has 7 nitrogen and oxygen atoms in total. The molecule has 0 radical (unpaired) electrons. The number of halogens is 4. The number of alkyl halides is 3. The highest BCUT2D eigenvalue weighted by Crippen LogP contribution is 2.30. The molecule has 0 saturated carbocycles. The number of hydrogen-bond acceptors (Lipinski definition) is 6. The van der Waals surface area contributed by atoms with Gasteiger partial charge in [-0.1, -0.05) is 17.7 Å². The first-order valence-corrected chi connectivity index (χ1v) is 10.0. The van der Waals surface area contributed by atoms with Gasteiger partial charge >= 0.3 is 6.18 Å². The number of anilines is 1. The summed E-state index contributed by atoms with van der Waals surface area (Å²) in [4.78, 5) is 7.87. The molecule has 1 fully saturated rings. The van der Waals surface area contributed by atoms with Gasteiger partial charge in [-0.05, 0) is 24.6 Å². The molecule has 1 aromatic carbocycles. The summed E-state index contributed by atoms with van der Waals surface area (Å²) >= 11 is 5.89. The molecular weight excluding hydrogens is 419 g/mol. The topological polar surface area (TPSA) is 101 Å². The van der Waals surface area contributed by atoms with Crippen molar-refractivity contribution >= 4 is 27.4 Å². The van der Waals surface area contributed by atoms with E-state index in [1.54, 1.807) is 13.0 Å².